The molecule has 1 atom stereocenters. The summed E-state index contributed by atoms with van der Waals surface area (Å²) in [5, 5.41) is 11.0. The van der Waals surface area contributed by atoms with Crippen molar-refractivity contribution in [1.82, 2.24) is 29.9 Å². The Balaban J connectivity index is 1.77. The topological polar surface area (TPSA) is 97.1 Å². The number of carbonyl (C=O) groups is 1. The number of anilines is 1. The predicted octanol–water partition coefficient (Wildman–Crippen LogP) is 2.81. The Labute approximate surface area is 167 Å². The lowest BCUT2D eigenvalue weighted by Crippen LogP contribution is -2.38. The smallest absolute Gasteiger partial charge is 0.242 e. The van der Waals surface area contributed by atoms with E-state index >= 15 is 0 Å². The molecule has 0 saturated heterocycles. The second kappa shape index (κ2) is 7.78. The molecule has 29 heavy (non-hydrogen) atoms. The van der Waals surface area contributed by atoms with E-state index < -0.39 is 11.9 Å². The number of halogens is 1. The van der Waals surface area contributed by atoms with Crippen molar-refractivity contribution in [1.29, 1.82) is 0 Å². The minimum atomic E-state index is -0.599. The molecule has 2 N–H and O–H groups in total. The molecule has 0 spiro atoms. The van der Waals surface area contributed by atoms with Gasteiger partial charge in [-0.2, -0.15) is 4.52 Å². The molecule has 0 fully saturated rings. The van der Waals surface area contributed by atoms with Crippen molar-refractivity contribution in [3.63, 3.8) is 0 Å². The van der Waals surface area contributed by atoms with E-state index in [2.05, 4.69) is 30.7 Å². The van der Waals surface area contributed by atoms with Crippen molar-refractivity contribution in [2.45, 2.75) is 26.3 Å². The molecule has 0 bridgehead atoms. The van der Waals surface area contributed by atoms with Gasteiger partial charge in [-0.3, -0.25) is 9.78 Å². The normalized spacial score (nSPS) is 12.7. The summed E-state index contributed by atoms with van der Waals surface area (Å²) in [5.41, 5.74) is 1.39. The highest BCUT2D eigenvalue weighted by Gasteiger charge is 2.19. The summed E-state index contributed by atoms with van der Waals surface area (Å²) < 4.78 is 22.9. The Morgan fingerprint density at radius 1 is 1.31 bits per heavy atom. The van der Waals surface area contributed by atoms with E-state index in [4.69, 9.17) is 1.37 Å². The Bertz CT molecular complexity index is 1210. The quantitative estimate of drug-likeness (QED) is 0.488. The monoisotopic (exact) mass is 394 g/mol. The first kappa shape index (κ1) is 17.5. The average Bonchev–Trinajstić information content (AvgIpc) is 3.20. The van der Waals surface area contributed by atoms with Gasteiger partial charge in [-0.1, -0.05) is 19.0 Å². The molecule has 9 heteroatoms. The number of fused-ring (bicyclic) bond motifs is 3. The average molecular weight is 394 g/mol. The number of rotatable bonds is 6. The van der Waals surface area contributed by atoms with Crippen LogP contribution in [-0.4, -0.2) is 43.1 Å². The third-order valence-corrected chi connectivity index (χ3v) is 4.41. The van der Waals surface area contributed by atoms with Gasteiger partial charge in [-0.05, 0) is 31.5 Å². The number of amides is 1. The SMILES string of the molecule is [2H]CCCNC(=O)[C@H](C)Nc1nc2ccccc2c2nc(-c3ccncc3F)nn12. The second-order valence-corrected chi connectivity index (χ2v) is 6.49. The van der Waals surface area contributed by atoms with Crippen LogP contribution in [0.15, 0.2) is 42.7 Å². The van der Waals surface area contributed by atoms with Crippen molar-refractivity contribution in [3.05, 3.63) is 48.5 Å². The summed E-state index contributed by atoms with van der Waals surface area (Å²) in [5.74, 6) is -0.224. The molecule has 0 aliphatic rings. The lowest BCUT2D eigenvalue weighted by molar-refractivity contribution is -0.121. The molecule has 3 aromatic heterocycles. The van der Waals surface area contributed by atoms with Gasteiger partial charge in [0.1, 0.15) is 6.04 Å². The molecule has 0 aliphatic carbocycles. The third-order valence-electron chi connectivity index (χ3n) is 4.41. The van der Waals surface area contributed by atoms with Gasteiger partial charge in [0.15, 0.2) is 17.3 Å². The van der Waals surface area contributed by atoms with Crippen molar-refractivity contribution in [2.24, 2.45) is 0 Å². The number of benzene rings is 1. The maximum absolute atomic E-state index is 14.2. The summed E-state index contributed by atoms with van der Waals surface area (Å²) in [6, 6.07) is 8.32. The van der Waals surface area contributed by atoms with Crippen molar-refractivity contribution < 1.29 is 10.6 Å². The highest BCUT2D eigenvalue weighted by atomic mass is 19.1. The molecule has 0 unspecified atom stereocenters. The van der Waals surface area contributed by atoms with Gasteiger partial charge >= 0.3 is 0 Å². The van der Waals surface area contributed by atoms with Crippen LogP contribution in [0.25, 0.3) is 27.9 Å². The summed E-state index contributed by atoms with van der Waals surface area (Å²) >= 11 is 0. The van der Waals surface area contributed by atoms with Crippen molar-refractivity contribution in [2.75, 3.05) is 11.9 Å². The first-order chi connectivity index (χ1) is 14.6. The minimum Gasteiger partial charge on any atom is -0.354 e. The number of pyridine rings is 1. The molecule has 8 nitrogen and oxygen atoms in total. The van der Waals surface area contributed by atoms with Crippen molar-refractivity contribution in [3.8, 4) is 11.4 Å². The van der Waals surface area contributed by atoms with E-state index in [1.807, 2.05) is 24.3 Å². The maximum Gasteiger partial charge on any atom is 0.242 e. The van der Waals surface area contributed by atoms with E-state index in [9.17, 15) is 9.18 Å². The van der Waals surface area contributed by atoms with Crippen LogP contribution >= 0.6 is 0 Å². The number of carbonyl (C=O) groups excluding carboxylic acids is 1. The van der Waals surface area contributed by atoms with Crippen LogP contribution in [0, 0.1) is 5.82 Å². The third kappa shape index (κ3) is 3.58. The molecule has 4 rings (SSSR count). The molecule has 0 radical (unpaired) electrons. The Morgan fingerprint density at radius 3 is 3.00 bits per heavy atom. The molecule has 3 heterocycles. The zero-order valence-electron chi connectivity index (χ0n) is 16.8. The lowest BCUT2D eigenvalue weighted by atomic mass is 10.2. The molecule has 4 aromatic rings. The highest BCUT2D eigenvalue weighted by molar-refractivity contribution is 5.93. The fourth-order valence-corrected chi connectivity index (χ4v) is 2.94. The van der Waals surface area contributed by atoms with Gasteiger partial charge in [0.25, 0.3) is 0 Å². The number of para-hydroxylation sites is 1. The summed E-state index contributed by atoms with van der Waals surface area (Å²) in [4.78, 5) is 25.2. The Morgan fingerprint density at radius 2 is 2.17 bits per heavy atom. The Hall–Kier alpha value is -3.62. The van der Waals surface area contributed by atoms with Gasteiger partial charge in [-0.25, -0.2) is 14.4 Å². The fourth-order valence-electron chi connectivity index (χ4n) is 2.94. The van der Waals surface area contributed by atoms with E-state index in [0.717, 1.165) is 11.6 Å². The number of nitrogens with one attached hydrogen (secondary N) is 2. The van der Waals surface area contributed by atoms with Gasteiger partial charge in [0, 0.05) is 19.5 Å². The van der Waals surface area contributed by atoms with Crippen LogP contribution in [0.5, 0.6) is 0 Å². The lowest BCUT2D eigenvalue weighted by Gasteiger charge is -2.15. The highest BCUT2D eigenvalue weighted by Crippen LogP contribution is 2.25. The number of hydrogen-bond donors (Lipinski definition) is 2. The number of hydrogen-bond acceptors (Lipinski definition) is 6. The fraction of sp³-hybridized carbons (Fsp3) is 0.250. The standard InChI is InChI=1S/C20H20FN7O/c1-3-9-23-19(29)12(2)24-20-25-16-7-5-4-6-14(16)18-26-17(27-28(18)20)13-8-10-22-11-15(13)21/h4-8,10-12H,3,9H2,1-2H3,(H,23,29)(H,24,25)/t12-/m0/s1/i1D. The van der Waals surface area contributed by atoms with E-state index in [1.54, 1.807) is 6.92 Å². The summed E-state index contributed by atoms with van der Waals surface area (Å²) in [6.07, 6.45) is 3.17. The molecule has 0 saturated carbocycles. The molecule has 1 aromatic carbocycles. The van der Waals surface area contributed by atoms with Crippen LogP contribution in [0.1, 0.15) is 21.6 Å². The largest absolute Gasteiger partial charge is 0.354 e. The van der Waals surface area contributed by atoms with Gasteiger partial charge in [0.05, 0.1) is 17.3 Å². The number of aromatic nitrogens is 5. The van der Waals surface area contributed by atoms with Gasteiger partial charge < -0.3 is 10.6 Å². The second-order valence-electron chi connectivity index (χ2n) is 6.49. The zero-order chi connectivity index (χ0) is 21.1. The van der Waals surface area contributed by atoms with Crippen LogP contribution < -0.4 is 10.6 Å². The van der Waals surface area contributed by atoms with Crippen LogP contribution in [0.3, 0.4) is 0 Å². The summed E-state index contributed by atoms with van der Waals surface area (Å²) in [7, 11) is 0. The van der Waals surface area contributed by atoms with Gasteiger partial charge in [-0.15, -0.1) is 5.10 Å². The van der Waals surface area contributed by atoms with Crippen molar-refractivity contribution >= 4 is 28.4 Å². The molecule has 148 valence electrons. The Kier molecular flexibility index (Phi) is 4.69. The van der Waals surface area contributed by atoms with E-state index in [0.29, 0.717) is 30.1 Å². The molecule has 1 amide bonds. The predicted molar refractivity (Wildman–Crippen MR) is 108 cm³/mol. The molecule has 0 aliphatic heterocycles. The first-order valence-corrected chi connectivity index (χ1v) is 9.17. The van der Waals surface area contributed by atoms with Crippen LogP contribution in [-0.2, 0) is 4.79 Å². The van der Waals surface area contributed by atoms with Crippen LogP contribution in [0.4, 0.5) is 10.3 Å². The number of nitrogens with zero attached hydrogens (tertiary/aromatic N) is 5. The van der Waals surface area contributed by atoms with Gasteiger partial charge in [0.2, 0.25) is 11.9 Å². The minimum absolute atomic E-state index is 0.198. The maximum atomic E-state index is 14.2. The van der Waals surface area contributed by atoms with E-state index in [1.165, 1.54) is 16.8 Å². The summed E-state index contributed by atoms with van der Waals surface area (Å²) in [6.45, 7) is 2.39. The molecular formula is C20H20FN7O. The first-order valence-electron chi connectivity index (χ1n) is 9.88. The molecular weight excluding hydrogens is 373 g/mol. The van der Waals surface area contributed by atoms with E-state index in [-0.39, 0.29) is 24.2 Å². The van der Waals surface area contributed by atoms with Crippen LogP contribution in [0.2, 0.25) is 0 Å². The zero-order valence-corrected chi connectivity index (χ0v) is 15.8.